The number of carbonyl (C=O) groups is 4. The number of amides is 2. The number of ether oxygens (including phenoxy) is 2. The molecule has 0 spiro atoms. The van der Waals surface area contributed by atoms with Gasteiger partial charge >= 0.3 is 11.9 Å². The minimum atomic E-state index is -0.747. The summed E-state index contributed by atoms with van der Waals surface area (Å²) in [4.78, 5) is 48.8. The second-order valence-electron chi connectivity index (χ2n) is 7.26. The topological polar surface area (TPSA) is 119 Å². The molecule has 1 aliphatic heterocycles. The summed E-state index contributed by atoms with van der Waals surface area (Å²) in [6.07, 6.45) is 6.13. The predicted molar refractivity (Wildman–Crippen MR) is 114 cm³/mol. The van der Waals surface area contributed by atoms with Crippen molar-refractivity contribution in [3.05, 3.63) is 0 Å². The standard InChI is InChI=1S/C13H21NO5.C9H18O3/c1-3-10(4-2)18-9-5-6-13(17)19-14-11(15)7-8-12(14)16;1-3-8(4-2)12-7-5-6-9(10)11/h10H,3-9H2,1-2H3;8H,3-7H2,1-2H3,(H,10,11). The van der Waals surface area contributed by atoms with Crippen molar-refractivity contribution in [3.63, 3.8) is 0 Å². The average molecular weight is 446 g/mol. The van der Waals surface area contributed by atoms with Gasteiger partial charge in [-0.1, -0.05) is 27.7 Å². The molecule has 9 heteroatoms. The summed E-state index contributed by atoms with van der Waals surface area (Å²) in [5, 5.41) is 8.91. The zero-order valence-corrected chi connectivity index (χ0v) is 19.4. The van der Waals surface area contributed by atoms with Crippen LogP contribution in [0.1, 0.15) is 91.9 Å². The second kappa shape index (κ2) is 17.7. The van der Waals surface area contributed by atoms with Gasteiger partial charge in [0.15, 0.2) is 0 Å². The van der Waals surface area contributed by atoms with Gasteiger partial charge in [-0.2, -0.15) is 0 Å². The van der Waals surface area contributed by atoms with Gasteiger partial charge in [0.1, 0.15) is 0 Å². The zero-order valence-electron chi connectivity index (χ0n) is 19.4. The van der Waals surface area contributed by atoms with Crippen molar-refractivity contribution >= 4 is 23.8 Å². The van der Waals surface area contributed by atoms with E-state index in [-0.39, 0.29) is 31.8 Å². The molecule has 180 valence electrons. The first kappa shape index (κ1) is 29.0. The van der Waals surface area contributed by atoms with Crippen molar-refractivity contribution in [2.45, 2.75) is 104 Å². The van der Waals surface area contributed by atoms with Crippen LogP contribution < -0.4 is 0 Å². The molecule has 0 saturated carbocycles. The summed E-state index contributed by atoms with van der Waals surface area (Å²) in [7, 11) is 0. The van der Waals surface area contributed by atoms with Crippen molar-refractivity contribution in [1.29, 1.82) is 0 Å². The van der Waals surface area contributed by atoms with E-state index in [9.17, 15) is 19.2 Å². The van der Waals surface area contributed by atoms with Crippen molar-refractivity contribution in [1.82, 2.24) is 5.06 Å². The Labute approximate surface area is 185 Å². The number of nitrogens with zero attached hydrogens (tertiary/aromatic N) is 1. The number of carboxylic acid groups (broad SMARTS) is 1. The van der Waals surface area contributed by atoms with E-state index in [2.05, 4.69) is 13.8 Å². The summed E-state index contributed by atoms with van der Waals surface area (Å²) in [6.45, 7) is 9.29. The molecule has 0 atom stereocenters. The Morgan fingerprint density at radius 2 is 1.26 bits per heavy atom. The lowest BCUT2D eigenvalue weighted by Crippen LogP contribution is -2.32. The van der Waals surface area contributed by atoms with Gasteiger partial charge in [-0.25, -0.2) is 4.79 Å². The summed E-state index contributed by atoms with van der Waals surface area (Å²) in [5.74, 6) is -2.22. The highest BCUT2D eigenvalue weighted by molar-refractivity contribution is 6.01. The largest absolute Gasteiger partial charge is 0.481 e. The van der Waals surface area contributed by atoms with Gasteiger partial charge < -0.3 is 19.4 Å². The number of carboxylic acids is 1. The van der Waals surface area contributed by atoms with Crippen molar-refractivity contribution < 1.29 is 38.6 Å². The lowest BCUT2D eigenvalue weighted by atomic mass is 10.2. The molecular weight excluding hydrogens is 406 g/mol. The molecular formula is C22H39NO8. The minimum Gasteiger partial charge on any atom is -0.481 e. The Morgan fingerprint density at radius 3 is 1.65 bits per heavy atom. The van der Waals surface area contributed by atoms with Gasteiger partial charge in [0.2, 0.25) is 0 Å². The first-order valence-electron chi connectivity index (χ1n) is 11.3. The molecule has 31 heavy (non-hydrogen) atoms. The maximum absolute atomic E-state index is 11.5. The molecule has 0 aromatic rings. The van der Waals surface area contributed by atoms with Gasteiger partial charge in [-0.05, 0) is 38.5 Å². The van der Waals surface area contributed by atoms with Gasteiger partial charge in [0.05, 0.1) is 18.6 Å². The molecule has 9 nitrogen and oxygen atoms in total. The van der Waals surface area contributed by atoms with Crippen LogP contribution in [0.5, 0.6) is 0 Å². The van der Waals surface area contributed by atoms with Crippen molar-refractivity contribution in [2.24, 2.45) is 0 Å². The van der Waals surface area contributed by atoms with E-state index >= 15 is 0 Å². The Balaban J connectivity index is 0.000000649. The van der Waals surface area contributed by atoms with Crippen LogP contribution in [-0.4, -0.2) is 59.3 Å². The fourth-order valence-electron chi connectivity index (χ4n) is 2.79. The van der Waals surface area contributed by atoms with Crippen LogP contribution in [0.15, 0.2) is 0 Å². The number of hydrogen-bond acceptors (Lipinski definition) is 7. The number of carbonyl (C=O) groups excluding carboxylic acids is 3. The third-order valence-corrected chi connectivity index (χ3v) is 4.79. The highest BCUT2D eigenvalue weighted by Gasteiger charge is 2.32. The number of imide groups is 1. The molecule has 0 aliphatic carbocycles. The van der Waals surface area contributed by atoms with Crippen LogP contribution in [0, 0.1) is 0 Å². The zero-order chi connectivity index (χ0) is 23.6. The van der Waals surface area contributed by atoms with E-state index in [0.717, 1.165) is 25.7 Å². The number of rotatable bonds is 15. The van der Waals surface area contributed by atoms with E-state index < -0.39 is 23.8 Å². The lowest BCUT2D eigenvalue weighted by molar-refractivity contribution is -0.197. The molecule has 0 radical (unpaired) electrons. The fourth-order valence-corrected chi connectivity index (χ4v) is 2.79. The summed E-state index contributed by atoms with van der Waals surface area (Å²) >= 11 is 0. The quantitative estimate of drug-likeness (QED) is 0.300. The molecule has 2 amide bonds. The maximum Gasteiger partial charge on any atom is 0.333 e. The van der Waals surface area contributed by atoms with Gasteiger partial charge in [0, 0.05) is 32.5 Å². The Bertz CT molecular complexity index is 528. The maximum atomic E-state index is 11.5. The van der Waals surface area contributed by atoms with Crippen LogP contribution in [-0.2, 0) is 33.5 Å². The van der Waals surface area contributed by atoms with Gasteiger partial charge in [0.25, 0.3) is 11.8 Å². The first-order valence-corrected chi connectivity index (χ1v) is 11.3. The fraction of sp³-hybridized carbons (Fsp3) is 0.818. The highest BCUT2D eigenvalue weighted by atomic mass is 16.7. The molecule has 0 aromatic heterocycles. The minimum absolute atomic E-state index is 0.115. The Kier molecular flexibility index (Phi) is 16.5. The number of hydroxylamine groups is 2. The van der Waals surface area contributed by atoms with Crippen LogP contribution in [0.4, 0.5) is 0 Å². The number of hydrogen-bond donors (Lipinski definition) is 1. The molecule has 0 aromatic carbocycles. The summed E-state index contributed by atoms with van der Waals surface area (Å²) in [5.41, 5.74) is 0. The van der Waals surface area contributed by atoms with Crippen LogP contribution in [0.2, 0.25) is 0 Å². The third kappa shape index (κ3) is 13.8. The van der Waals surface area contributed by atoms with Crippen molar-refractivity contribution in [2.75, 3.05) is 13.2 Å². The lowest BCUT2D eigenvalue weighted by Gasteiger charge is -2.14. The highest BCUT2D eigenvalue weighted by Crippen LogP contribution is 2.13. The Morgan fingerprint density at radius 1 is 0.839 bits per heavy atom. The predicted octanol–water partition coefficient (Wildman–Crippen LogP) is 3.64. The van der Waals surface area contributed by atoms with E-state index in [1.165, 1.54) is 0 Å². The SMILES string of the molecule is CCC(CC)OCCCC(=O)O.CCC(CC)OCCCC(=O)ON1C(=O)CCC1=O. The van der Waals surface area contributed by atoms with E-state index in [4.69, 9.17) is 19.4 Å². The van der Waals surface area contributed by atoms with Gasteiger partial charge in [-0.3, -0.25) is 14.4 Å². The van der Waals surface area contributed by atoms with Crippen LogP contribution in [0.3, 0.4) is 0 Å². The van der Waals surface area contributed by atoms with Gasteiger partial charge in [-0.15, -0.1) is 5.06 Å². The summed E-state index contributed by atoms with van der Waals surface area (Å²) < 4.78 is 11.0. The molecule has 1 rings (SSSR count). The Hall–Kier alpha value is -2.00. The molecule has 1 N–H and O–H groups in total. The van der Waals surface area contributed by atoms with Crippen LogP contribution in [0.25, 0.3) is 0 Å². The number of aliphatic carboxylic acids is 1. The first-order chi connectivity index (χ1) is 14.8. The normalized spacial score (nSPS) is 13.5. The van der Waals surface area contributed by atoms with E-state index in [1.54, 1.807) is 0 Å². The summed E-state index contributed by atoms with van der Waals surface area (Å²) in [6, 6.07) is 0. The molecule has 0 bridgehead atoms. The third-order valence-electron chi connectivity index (χ3n) is 4.79. The second-order valence-corrected chi connectivity index (χ2v) is 7.26. The average Bonchev–Trinajstić information content (AvgIpc) is 3.06. The molecule has 1 saturated heterocycles. The monoisotopic (exact) mass is 445 g/mol. The van der Waals surface area contributed by atoms with Crippen molar-refractivity contribution in [3.8, 4) is 0 Å². The molecule has 0 unspecified atom stereocenters. The van der Waals surface area contributed by atoms with Crippen LogP contribution >= 0.6 is 0 Å². The van der Waals surface area contributed by atoms with E-state index in [0.29, 0.717) is 37.2 Å². The molecule has 1 fully saturated rings. The van der Waals surface area contributed by atoms with E-state index in [1.807, 2.05) is 13.8 Å². The smallest absolute Gasteiger partial charge is 0.333 e. The molecule has 1 aliphatic rings. The molecule has 1 heterocycles.